The van der Waals surface area contributed by atoms with Gasteiger partial charge >= 0.3 is 0 Å². The van der Waals surface area contributed by atoms with Crippen molar-refractivity contribution < 1.29 is 9.53 Å². The van der Waals surface area contributed by atoms with Crippen molar-refractivity contribution in [3.05, 3.63) is 22.4 Å². The second-order valence-corrected chi connectivity index (χ2v) is 5.14. The Morgan fingerprint density at radius 3 is 3.29 bits per heavy atom. The Morgan fingerprint density at radius 2 is 2.59 bits per heavy atom. The third kappa shape index (κ3) is 3.52. The van der Waals surface area contributed by atoms with Gasteiger partial charge in [0, 0.05) is 31.6 Å². The summed E-state index contributed by atoms with van der Waals surface area (Å²) in [5, 5.41) is 4.74. The van der Waals surface area contributed by atoms with Crippen LogP contribution in [0.3, 0.4) is 0 Å². The second-order valence-electron chi connectivity index (χ2n) is 4.10. The van der Waals surface area contributed by atoms with Crippen molar-refractivity contribution in [3.8, 4) is 0 Å². The fraction of sp³-hybridized carbons (Fsp3) is 0.583. The number of thiophene rings is 1. The molecule has 2 rings (SSSR count). The third-order valence-corrected chi connectivity index (χ3v) is 3.88. The van der Waals surface area contributed by atoms with Gasteiger partial charge in [0.15, 0.2) is 0 Å². The average Bonchev–Trinajstić information content (AvgIpc) is 2.89. The lowest BCUT2D eigenvalue weighted by molar-refractivity contribution is -0.137. The summed E-state index contributed by atoms with van der Waals surface area (Å²) in [4.78, 5) is 15.2. The standard InChI is InChI=1S/C12H18N2O2S/c1-13-12(15)11-9-14(6-7-16-11)5-4-10-3-2-8-17-10/h2-3,8,11H,4-7,9H2,1H3,(H,13,15). The van der Waals surface area contributed by atoms with Gasteiger partial charge in [0.25, 0.3) is 0 Å². The van der Waals surface area contributed by atoms with Crippen LogP contribution in [0.2, 0.25) is 0 Å². The van der Waals surface area contributed by atoms with Gasteiger partial charge in [0.2, 0.25) is 5.91 Å². The number of hydrogen-bond acceptors (Lipinski definition) is 4. The zero-order valence-corrected chi connectivity index (χ0v) is 10.8. The van der Waals surface area contributed by atoms with Gasteiger partial charge in [-0.05, 0) is 17.9 Å². The molecular weight excluding hydrogens is 236 g/mol. The first-order valence-electron chi connectivity index (χ1n) is 5.87. The number of ether oxygens (including phenoxy) is 1. The molecule has 1 saturated heterocycles. The van der Waals surface area contributed by atoms with Crippen molar-refractivity contribution in [3.63, 3.8) is 0 Å². The fourth-order valence-electron chi connectivity index (χ4n) is 1.95. The number of morpholine rings is 1. The first-order chi connectivity index (χ1) is 8.29. The Kier molecular flexibility index (Phi) is 4.53. The average molecular weight is 254 g/mol. The van der Waals surface area contributed by atoms with Crippen LogP contribution in [0.25, 0.3) is 0 Å². The lowest BCUT2D eigenvalue weighted by Gasteiger charge is -2.31. The molecule has 4 nitrogen and oxygen atoms in total. The lowest BCUT2D eigenvalue weighted by Crippen LogP contribution is -2.49. The third-order valence-electron chi connectivity index (χ3n) is 2.94. The van der Waals surface area contributed by atoms with Crippen molar-refractivity contribution in [1.82, 2.24) is 10.2 Å². The largest absolute Gasteiger partial charge is 0.366 e. The second kappa shape index (κ2) is 6.14. The molecule has 0 spiro atoms. The summed E-state index contributed by atoms with van der Waals surface area (Å²) in [7, 11) is 1.65. The van der Waals surface area contributed by atoms with E-state index in [1.807, 2.05) is 0 Å². The van der Waals surface area contributed by atoms with Crippen molar-refractivity contribution in [2.45, 2.75) is 12.5 Å². The van der Waals surface area contributed by atoms with Crippen molar-refractivity contribution >= 4 is 17.2 Å². The van der Waals surface area contributed by atoms with Crippen LogP contribution in [-0.2, 0) is 16.0 Å². The number of nitrogens with zero attached hydrogens (tertiary/aromatic N) is 1. The zero-order chi connectivity index (χ0) is 12.1. The van der Waals surface area contributed by atoms with Gasteiger partial charge in [-0.1, -0.05) is 6.07 Å². The maximum Gasteiger partial charge on any atom is 0.250 e. The summed E-state index contributed by atoms with van der Waals surface area (Å²) < 4.78 is 5.45. The number of likely N-dealkylation sites (N-methyl/N-ethyl adjacent to an activating group) is 1. The molecule has 5 heteroatoms. The minimum Gasteiger partial charge on any atom is -0.366 e. The van der Waals surface area contributed by atoms with Gasteiger partial charge in [-0.3, -0.25) is 9.69 Å². The van der Waals surface area contributed by atoms with Crippen LogP contribution < -0.4 is 5.32 Å². The number of carbonyl (C=O) groups excluding carboxylic acids is 1. The summed E-state index contributed by atoms with van der Waals surface area (Å²) in [6, 6.07) is 4.23. The number of amides is 1. The first kappa shape index (κ1) is 12.5. The van der Waals surface area contributed by atoms with Crippen molar-refractivity contribution in [2.75, 3.05) is 33.3 Å². The molecule has 1 aliphatic heterocycles. The van der Waals surface area contributed by atoms with E-state index >= 15 is 0 Å². The molecule has 1 aliphatic rings. The Hall–Kier alpha value is -0.910. The van der Waals surface area contributed by atoms with E-state index in [1.165, 1.54) is 4.88 Å². The Bertz CT molecular complexity index is 353. The van der Waals surface area contributed by atoms with Crippen LogP contribution in [-0.4, -0.2) is 50.2 Å². The number of carbonyl (C=O) groups is 1. The lowest BCUT2D eigenvalue weighted by atomic mass is 10.2. The van der Waals surface area contributed by atoms with Crippen molar-refractivity contribution in [1.29, 1.82) is 0 Å². The Labute approximate surface area is 106 Å². The monoisotopic (exact) mass is 254 g/mol. The highest BCUT2D eigenvalue weighted by molar-refractivity contribution is 7.09. The number of nitrogens with one attached hydrogen (secondary N) is 1. The van der Waals surface area contributed by atoms with E-state index in [4.69, 9.17) is 4.74 Å². The summed E-state index contributed by atoms with van der Waals surface area (Å²) >= 11 is 1.79. The highest BCUT2D eigenvalue weighted by Gasteiger charge is 2.25. The number of hydrogen-bond donors (Lipinski definition) is 1. The molecule has 1 amide bonds. The molecule has 0 aromatic carbocycles. The van der Waals surface area contributed by atoms with E-state index in [0.29, 0.717) is 13.2 Å². The van der Waals surface area contributed by atoms with E-state index in [0.717, 1.165) is 19.5 Å². The smallest absolute Gasteiger partial charge is 0.250 e. The van der Waals surface area contributed by atoms with Gasteiger partial charge < -0.3 is 10.1 Å². The quantitative estimate of drug-likeness (QED) is 0.861. The minimum absolute atomic E-state index is 0.0224. The van der Waals surface area contributed by atoms with Gasteiger partial charge in [-0.2, -0.15) is 0 Å². The van der Waals surface area contributed by atoms with Crippen LogP contribution in [0.1, 0.15) is 4.88 Å². The molecule has 94 valence electrons. The van der Waals surface area contributed by atoms with Gasteiger partial charge in [-0.25, -0.2) is 0 Å². The maximum atomic E-state index is 11.5. The molecular formula is C12H18N2O2S. The number of rotatable bonds is 4. The maximum absolute atomic E-state index is 11.5. The van der Waals surface area contributed by atoms with Gasteiger partial charge in [-0.15, -0.1) is 11.3 Å². The van der Waals surface area contributed by atoms with E-state index in [-0.39, 0.29) is 12.0 Å². The molecule has 1 unspecified atom stereocenters. The highest BCUT2D eigenvalue weighted by atomic mass is 32.1. The summed E-state index contributed by atoms with van der Waals surface area (Å²) in [6.07, 6.45) is 0.745. The van der Waals surface area contributed by atoms with E-state index in [1.54, 1.807) is 18.4 Å². The summed E-state index contributed by atoms with van der Waals surface area (Å²) in [6.45, 7) is 3.25. The van der Waals surface area contributed by atoms with Crippen molar-refractivity contribution in [2.24, 2.45) is 0 Å². The summed E-state index contributed by atoms with van der Waals surface area (Å²) in [5.74, 6) is -0.0224. The van der Waals surface area contributed by atoms with E-state index < -0.39 is 0 Å². The first-order valence-corrected chi connectivity index (χ1v) is 6.75. The molecule has 1 aromatic rings. The zero-order valence-electron chi connectivity index (χ0n) is 10.0. The molecule has 0 radical (unpaired) electrons. The van der Waals surface area contributed by atoms with E-state index in [9.17, 15) is 4.79 Å². The molecule has 0 aliphatic carbocycles. The predicted octanol–water partition coefficient (Wildman–Crippen LogP) is 0.737. The minimum atomic E-state index is -0.308. The molecule has 1 atom stereocenters. The summed E-state index contributed by atoms with van der Waals surface area (Å²) in [5.41, 5.74) is 0. The van der Waals surface area contributed by atoms with Crippen LogP contribution in [0, 0.1) is 0 Å². The predicted molar refractivity (Wildman–Crippen MR) is 68.3 cm³/mol. The Balaban J connectivity index is 1.79. The molecule has 1 fully saturated rings. The SMILES string of the molecule is CNC(=O)C1CN(CCc2cccs2)CCO1. The Morgan fingerprint density at radius 1 is 1.71 bits per heavy atom. The molecule has 0 saturated carbocycles. The van der Waals surface area contributed by atoms with Crippen LogP contribution in [0.15, 0.2) is 17.5 Å². The molecule has 17 heavy (non-hydrogen) atoms. The molecule has 1 aromatic heterocycles. The fourth-order valence-corrected chi connectivity index (χ4v) is 2.65. The molecule has 0 bridgehead atoms. The topological polar surface area (TPSA) is 41.6 Å². The van der Waals surface area contributed by atoms with Crippen LogP contribution >= 0.6 is 11.3 Å². The van der Waals surface area contributed by atoms with Crippen LogP contribution in [0.4, 0.5) is 0 Å². The van der Waals surface area contributed by atoms with Gasteiger partial charge in [0.1, 0.15) is 6.10 Å². The van der Waals surface area contributed by atoms with Gasteiger partial charge in [0.05, 0.1) is 6.61 Å². The van der Waals surface area contributed by atoms with Crippen LogP contribution in [0.5, 0.6) is 0 Å². The molecule has 2 heterocycles. The normalized spacial score (nSPS) is 21.4. The van der Waals surface area contributed by atoms with E-state index in [2.05, 4.69) is 27.7 Å². The highest BCUT2D eigenvalue weighted by Crippen LogP contribution is 2.11. The molecule has 1 N–H and O–H groups in total.